The standard InChI is InChI=1S/C12H11ClF3N3O/c1-7-10(13)9(18(2)17-7)6-19-4-3-8(5-19)11(20)12(14,15)16/h3-5H,6H2,1-2H3. The number of carbonyl (C=O) groups is 1. The molecule has 0 atom stereocenters. The van der Waals surface area contributed by atoms with Gasteiger partial charge >= 0.3 is 6.18 Å². The van der Waals surface area contributed by atoms with Gasteiger partial charge in [0, 0.05) is 25.0 Å². The lowest BCUT2D eigenvalue weighted by Crippen LogP contribution is -2.22. The number of alkyl halides is 3. The summed E-state index contributed by atoms with van der Waals surface area (Å²) >= 11 is 6.06. The molecule has 0 bridgehead atoms. The van der Waals surface area contributed by atoms with E-state index in [2.05, 4.69) is 5.10 Å². The highest BCUT2D eigenvalue weighted by molar-refractivity contribution is 6.31. The molecule has 0 radical (unpaired) electrons. The Morgan fingerprint density at radius 3 is 2.60 bits per heavy atom. The van der Waals surface area contributed by atoms with Crippen molar-refractivity contribution in [3.05, 3.63) is 40.4 Å². The van der Waals surface area contributed by atoms with Crippen molar-refractivity contribution < 1.29 is 18.0 Å². The van der Waals surface area contributed by atoms with Gasteiger partial charge in [-0.3, -0.25) is 9.48 Å². The van der Waals surface area contributed by atoms with E-state index in [0.29, 0.717) is 16.4 Å². The topological polar surface area (TPSA) is 39.8 Å². The lowest BCUT2D eigenvalue weighted by molar-refractivity contribution is -0.0885. The molecule has 108 valence electrons. The Bertz CT molecular complexity index is 657. The Hall–Kier alpha value is -1.76. The first kappa shape index (κ1) is 14.6. The number of halogens is 4. The maximum atomic E-state index is 12.3. The van der Waals surface area contributed by atoms with Crippen LogP contribution in [0.1, 0.15) is 21.7 Å². The molecule has 4 nitrogen and oxygen atoms in total. The first-order valence-corrected chi connectivity index (χ1v) is 6.03. The van der Waals surface area contributed by atoms with Crippen LogP contribution in [0.5, 0.6) is 0 Å². The van der Waals surface area contributed by atoms with Gasteiger partial charge < -0.3 is 4.57 Å². The lowest BCUT2D eigenvalue weighted by Gasteiger charge is -2.05. The molecule has 0 aromatic carbocycles. The third-order valence-electron chi connectivity index (χ3n) is 2.86. The zero-order valence-corrected chi connectivity index (χ0v) is 11.5. The van der Waals surface area contributed by atoms with Crippen LogP contribution in [-0.4, -0.2) is 26.3 Å². The molecule has 0 N–H and O–H groups in total. The second-order valence-corrected chi connectivity index (χ2v) is 4.75. The number of hydrogen-bond acceptors (Lipinski definition) is 2. The summed E-state index contributed by atoms with van der Waals surface area (Å²) in [6.07, 6.45) is -2.32. The summed E-state index contributed by atoms with van der Waals surface area (Å²) < 4.78 is 39.9. The normalized spacial score (nSPS) is 11.9. The molecule has 0 spiro atoms. The highest BCUT2D eigenvalue weighted by atomic mass is 35.5. The molecule has 0 aliphatic rings. The highest BCUT2D eigenvalue weighted by Crippen LogP contribution is 2.23. The summed E-state index contributed by atoms with van der Waals surface area (Å²) in [6.45, 7) is 1.97. The predicted octanol–water partition coefficient (Wildman–Crippen LogP) is 2.98. The van der Waals surface area contributed by atoms with E-state index in [4.69, 9.17) is 11.6 Å². The molecule has 20 heavy (non-hydrogen) atoms. The molecule has 2 aromatic rings. The minimum absolute atomic E-state index is 0.237. The molecular weight excluding hydrogens is 295 g/mol. The van der Waals surface area contributed by atoms with Crippen molar-refractivity contribution in [3.63, 3.8) is 0 Å². The summed E-state index contributed by atoms with van der Waals surface area (Å²) in [5, 5.41) is 4.58. The van der Waals surface area contributed by atoms with Crippen molar-refractivity contribution in [2.24, 2.45) is 7.05 Å². The molecule has 0 saturated carbocycles. The predicted molar refractivity (Wildman–Crippen MR) is 66.9 cm³/mol. The minimum atomic E-state index is -4.87. The zero-order chi connectivity index (χ0) is 15.1. The number of carbonyl (C=O) groups excluding carboxylic acids is 1. The molecule has 0 aliphatic heterocycles. The van der Waals surface area contributed by atoms with Crippen LogP contribution in [0.25, 0.3) is 0 Å². The van der Waals surface area contributed by atoms with Crippen molar-refractivity contribution in [1.29, 1.82) is 0 Å². The van der Waals surface area contributed by atoms with Crippen molar-refractivity contribution >= 4 is 17.4 Å². The van der Waals surface area contributed by atoms with Gasteiger partial charge in [-0.2, -0.15) is 18.3 Å². The highest BCUT2D eigenvalue weighted by Gasteiger charge is 2.39. The van der Waals surface area contributed by atoms with Gasteiger partial charge in [0.25, 0.3) is 5.78 Å². The summed E-state index contributed by atoms with van der Waals surface area (Å²) in [5.41, 5.74) is 0.904. The summed E-state index contributed by atoms with van der Waals surface area (Å²) in [7, 11) is 1.69. The van der Waals surface area contributed by atoms with E-state index in [-0.39, 0.29) is 6.54 Å². The average molecular weight is 306 g/mol. The maximum Gasteiger partial charge on any atom is 0.454 e. The molecule has 2 heterocycles. The van der Waals surface area contributed by atoms with Crippen molar-refractivity contribution in [2.45, 2.75) is 19.6 Å². The maximum absolute atomic E-state index is 12.3. The van der Waals surface area contributed by atoms with E-state index in [1.54, 1.807) is 18.7 Å². The summed E-state index contributed by atoms with van der Waals surface area (Å²) in [4.78, 5) is 11.1. The van der Waals surface area contributed by atoms with Crippen molar-refractivity contribution in [3.8, 4) is 0 Å². The lowest BCUT2D eigenvalue weighted by atomic mass is 10.2. The molecule has 0 amide bonds. The molecule has 0 saturated heterocycles. The Balaban J connectivity index is 2.24. The zero-order valence-electron chi connectivity index (χ0n) is 10.7. The first-order chi connectivity index (χ1) is 9.20. The number of ketones is 1. The van der Waals surface area contributed by atoms with Crippen LogP contribution in [0.2, 0.25) is 5.02 Å². The Morgan fingerprint density at radius 1 is 1.45 bits per heavy atom. The number of rotatable bonds is 3. The Kier molecular flexibility index (Phi) is 3.64. The third-order valence-corrected chi connectivity index (χ3v) is 3.36. The summed E-state index contributed by atoms with van der Waals surface area (Å²) in [5.74, 6) is -1.86. The van der Waals surface area contributed by atoms with E-state index in [1.165, 1.54) is 10.8 Å². The third kappa shape index (κ3) is 2.72. The van der Waals surface area contributed by atoms with E-state index < -0.39 is 17.5 Å². The molecule has 8 heteroatoms. The van der Waals surface area contributed by atoms with Gasteiger partial charge in [-0.1, -0.05) is 11.6 Å². The number of nitrogens with zero attached hydrogens (tertiary/aromatic N) is 3. The molecule has 2 rings (SSSR count). The van der Waals surface area contributed by atoms with Crippen molar-refractivity contribution in [2.75, 3.05) is 0 Å². The van der Waals surface area contributed by atoms with Crippen LogP contribution in [-0.2, 0) is 13.6 Å². The molecule has 0 aliphatic carbocycles. The number of Topliss-reactive ketones (excluding diaryl/α,β-unsaturated/α-hetero) is 1. The monoisotopic (exact) mass is 305 g/mol. The van der Waals surface area contributed by atoms with Crippen LogP contribution in [0.4, 0.5) is 13.2 Å². The van der Waals surface area contributed by atoms with Gasteiger partial charge in [-0.05, 0) is 13.0 Å². The van der Waals surface area contributed by atoms with Crippen LogP contribution in [0.3, 0.4) is 0 Å². The van der Waals surface area contributed by atoms with Crippen LogP contribution < -0.4 is 0 Å². The van der Waals surface area contributed by atoms with E-state index in [0.717, 1.165) is 12.3 Å². The van der Waals surface area contributed by atoms with Crippen molar-refractivity contribution in [1.82, 2.24) is 14.3 Å². The minimum Gasteiger partial charge on any atom is -0.348 e. The smallest absolute Gasteiger partial charge is 0.348 e. The molecular formula is C12H11ClF3N3O. The van der Waals surface area contributed by atoms with E-state index in [1.807, 2.05) is 0 Å². The van der Waals surface area contributed by atoms with Gasteiger partial charge in [0.2, 0.25) is 0 Å². The van der Waals surface area contributed by atoms with E-state index in [9.17, 15) is 18.0 Å². The number of aromatic nitrogens is 3. The fourth-order valence-corrected chi connectivity index (χ4v) is 2.08. The van der Waals surface area contributed by atoms with Gasteiger partial charge in [0.05, 0.1) is 23.0 Å². The largest absolute Gasteiger partial charge is 0.454 e. The Labute approximate surface area is 117 Å². The number of aryl methyl sites for hydroxylation is 2. The second kappa shape index (κ2) is 4.97. The van der Waals surface area contributed by atoms with Crippen LogP contribution in [0.15, 0.2) is 18.5 Å². The van der Waals surface area contributed by atoms with Crippen LogP contribution in [0, 0.1) is 6.92 Å². The SMILES string of the molecule is Cc1nn(C)c(Cn2ccc(C(=O)C(F)(F)F)c2)c1Cl. The van der Waals surface area contributed by atoms with Gasteiger partial charge in [-0.25, -0.2) is 0 Å². The average Bonchev–Trinajstić information content (AvgIpc) is 2.88. The molecule has 0 fully saturated rings. The fraction of sp³-hybridized carbons (Fsp3) is 0.333. The van der Waals surface area contributed by atoms with Gasteiger partial charge in [0.1, 0.15) is 0 Å². The van der Waals surface area contributed by atoms with Gasteiger partial charge in [0.15, 0.2) is 0 Å². The van der Waals surface area contributed by atoms with Gasteiger partial charge in [-0.15, -0.1) is 0 Å². The van der Waals surface area contributed by atoms with E-state index >= 15 is 0 Å². The Morgan fingerprint density at radius 2 is 2.10 bits per heavy atom. The quantitative estimate of drug-likeness (QED) is 0.818. The fourth-order valence-electron chi connectivity index (χ4n) is 1.86. The molecule has 0 unspecified atom stereocenters. The van der Waals surface area contributed by atoms with Crippen LogP contribution >= 0.6 is 11.6 Å². The second-order valence-electron chi connectivity index (χ2n) is 4.37. The summed E-state index contributed by atoms with van der Waals surface area (Å²) in [6, 6.07) is 1.13. The first-order valence-electron chi connectivity index (χ1n) is 5.65. The molecule has 2 aromatic heterocycles. The number of hydrogen-bond donors (Lipinski definition) is 0.